The van der Waals surface area contributed by atoms with E-state index in [-0.39, 0.29) is 18.1 Å². The normalized spacial score (nSPS) is 11.4. The standard InChI is InChI=1S/C35H36N2O6/c1-42-22-20-33(38)37(25-27-10-4-2-5-11-27)21-23-43-29-18-16-26(17-19-29)24-32(35(40)41)36-31-15-9-8-14-30(31)34(39)28-12-6-3-7-13-28/h2-19,32,36H,20-25H2,1H3,(H,40,41). The van der Waals surface area contributed by atoms with E-state index in [0.717, 1.165) is 11.1 Å². The molecule has 43 heavy (non-hydrogen) atoms. The van der Waals surface area contributed by atoms with Crippen LogP contribution >= 0.6 is 0 Å². The lowest BCUT2D eigenvalue weighted by atomic mass is 10.00. The SMILES string of the molecule is COCCC(=O)N(CCOc1ccc(CC(Nc2ccccc2C(=O)c2ccccc2)C(=O)O)cc1)Cc1ccccc1. The molecule has 0 heterocycles. The lowest BCUT2D eigenvalue weighted by molar-refractivity contribution is -0.138. The summed E-state index contributed by atoms with van der Waals surface area (Å²) in [5.41, 5.74) is 3.22. The van der Waals surface area contributed by atoms with Gasteiger partial charge in [-0.2, -0.15) is 0 Å². The highest BCUT2D eigenvalue weighted by Gasteiger charge is 2.21. The van der Waals surface area contributed by atoms with Gasteiger partial charge in [0.2, 0.25) is 5.91 Å². The molecule has 0 spiro atoms. The molecule has 1 unspecified atom stereocenters. The molecule has 0 aromatic heterocycles. The quantitative estimate of drug-likeness (QED) is 0.169. The van der Waals surface area contributed by atoms with Crippen LogP contribution < -0.4 is 10.1 Å². The predicted octanol–water partition coefficient (Wildman–Crippen LogP) is 5.47. The summed E-state index contributed by atoms with van der Waals surface area (Å²) in [6, 6.07) is 31.9. The smallest absolute Gasteiger partial charge is 0.326 e. The van der Waals surface area contributed by atoms with Gasteiger partial charge in [0.05, 0.1) is 19.6 Å². The van der Waals surface area contributed by atoms with Crippen molar-refractivity contribution in [3.05, 3.63) is 131 Å². The van der Waals surface area contributed by atoms with Crippen LogP contribution in [0.4, 0.5) is 5.69 Å². The van der Waals surface area contributed by atoms with Gasteiger partial charge >= 0.3 is 5.97 Å². The molecule has 0 aliphatic heterocycles. The second-order valence-corrected chi connectivity index (χ2v) is 10.0. The van der Waals surface area contributed by atoms with Gasteiger partial charge in [-0.25, -0.2) is 4.79 Å². The second kappa shape index (κ2) is 15.9. The van der Waals surface area contributed by atoms with E-state index < -0.39 is 12.0 Å². The van der Waals surface area contributed by atoms with Gasteiger partial charge in [0.1, 0.15) is 18.4 Å². The van der Waals surface area contributed by atoms with Gasteiger partial charge in [0.15, 0.2) is 5.78 Å². The zero-order valence-corrected chi connectivity index (χ0v) is 24.1. The monoisotopic (exact) mass is 580 g/mol. The van der Waals surface area contributed by atoms with Crippen molar-refractivity contribution in [2.75, 3.05) is 32.2 Å². The Kier molecular flexibility index (Phi) is 11.5. The summed E-state index contributed by atoms with van der Waals surface area (Å²) in [5.74, 6) is -0.605. The number of hydrogen-bond acceptors (Lipinski definition) is 6. The number of carboxylic acids is 1. The third kappa shape index (κ3) is 9.28. The van der Waals surface area contributed by atoms with Crippen molar-refractivity contribution in [3.8, 4) is 5.75 Å². The number of amides is 1. The molecule has 1 atom stereocenters. The Hall–Kier alpha value is -4.95. The number of nitrogens with zero attached hydrogens (tertiary/aromatic N) is 1. The molecule has 0 saturated carbocycles. The van der Waals surface area contributed by atoms with Crippen LogP contribution in [0, 0.1) is 0 Å². The zero-order chi connectivity index (χ0) is 30.4. The summed E-state index contributed by atoms with van der Waals surface area (Å²) in [6.45, 7) is 1.55. The van der Waals surface area contributed by atoms with Gasteiger partial charge in [0, 0.05) is 36.9 Å². The molecule has 0 aliphatic carbocycles. The predicted molar refractivity (Wildman–Crippen MR) is 165 cm³/mol. The Bertz CT molecular complexity index is 1480. The van der Waals surface area contributed by atoms with Gasteiger partial charge in [-0.3, -0.25) is 9.59 Å². The van der Waals surface area contributed by atoms with Crippen molar-refractivity contribution >= 4 is 23.3 Å². The molecule has 0 aliphatic rings. The summed E-state index contributed by atoms with van der Waals surface area (Å²) in [6.07, 6.45) is 0.490. The summed E-state index contributed by atoms with van der Waals surface area (Å²) in [5, 5.41) is 13.0. The number of para-hydroxylation sites is 1. The molecular formula is C35H36N2O6. The van der Waals surface area contributed by atoms with Gasteiger partial charge in [-0.1, -0.05) is 84.9 Å². The first-order valence-electron chi connectivity index (χ1n) is 14.1. The Labute approximate surface area is 251 Å². The molecule has 2 N–H and O–H groups in total. The number of ether oxygens (including phenoxy) is 2. The van der Waals surface area contributed by atoms with E-state index in [0.29, 0.717) is 55.3 Å². The van der Waals surface area contributed by atoms with Crippen LogP contribution in [0.1, 0.15) is 33.5 Å². The summed E-state index contributed by atoms with van der Waals surface area (Å²) >= 11 is 0. The molecule has 0 radical (unpaired) electrons. The molecule has 4 aromatic rings. The first-order chi connectivity index (χ1) is 20.9. The van der Waals surface area contributed by atoms with Crippen LogP contribution in [-0.2, 0) is 27.3 Å². The minimum absolute atomic E-state index is 0.0103. The molecule has 1 amide bonds. The number of aliphatic carboxylic acids is 1. The van der Waals surface area contributed by atoms with Gasteiger partial charge in [-0.05, 0) is 35.4 Å². The van der Waals surface area contributed by atoms with E-state index in [4.69, 9.17) is 9.47 Å². The van der Waals surface area contributed by atoms with Crippen LogP contribution in [0.15, 0.2) is 109 Å². The Morgan fingerprint density at radius 1 is 0.791 bits per heavy atom. The topological polar surface area (TPSA) is 105 Å². The van der Waals surface area contributed by atoms with E-state index in [1.807, 2.05) is 48.5 Å². The number of nitrogens with one attached hydrogen (secondary N) is 1. The molecule has 0 saturated heterocycles. The Morgan fingerprint density at radius 3 is 2.12 bits per heavy atom. The molecule has 8 nitrogen and oxygen atoms in total. The highest BCUT2D eigenvalue weighted by molar-refractivity contribution is 6.12. The summed E-state index contributed by atoms with van der Waals surface area (Å²) < 4.78 is 11.0. The largest absolute Gasteiger partial charge is 0.492 e. The number of ketones is 1. The number of methoxy groups -OCH3 is 1. The highest BCUT2D eigenvalue weighted by Crippen LogP contribution is 2.22. The lowest BCUT2D eigenvalue weighted by Gasteiger charge is -2.23. The minimum atomic E-state index is -1.03. The number of rotatable bonds is 16. The Balaban J connectivity index is 1.36. The molecule has 222 valence electrons. The highest BCUT2D eigenvalue weighted by atomic mass is 16.5. The first-order valence-corrected chi connectivity index (χ1v) is 14.1. The second-order valence-electron chi connectivity index (χ2n) is 10.0. The number of anilines is 1. The van der Waals surface area contributed by atoms with Gasteiger partial charge in [0.25, 0.3) is 0 Å². The number of hydrogen-bond donors (Lipinski definition) is 2. The summed E-state index contributed by atoms with van der Waals surface area (Å²) in [7, 11) is 1.57. The minimum Gasteiger partial charge on any atom is -0.492 e. The number of carbonyl (C=O) groups excluding carboxylic acids is 2. The average Bonchev–Trinajstić information content (AvgIpc) is 3.04. The van der Waals surface area contributed by atoms with Crippen molar-refractivity contribution < 1.29 is 29.0 Å². The van der Waals surface area contributed by atoms with Crippen molar-refractivity contribution in [1.82, 2.24) is 4.90 Å². The van der Waals surface area contributed by atoms with Crippen molar-refractivity contribution in [1.29, 1.82) is 0 Å². The van der Waals surface area contributed by atoms with Crippen LogP contribution in [0.5, 0.6) is 5.75 Å². The van der Waals surface area contributed by atoms with Crippen molar-refractivity contribution in [3.63, 3.8) is 0 Å². The maximum atomic E-state index is 13.1. The van der Waals surface area contributed by atoms with E-state index in [9.17, 15) is 19.5 Å². The fourth-order valence-electron chi connectivity index (χ4n) is 4.61. The molecular weight excluding hydrogens is 544 g/mol. The molecule has 4 rings (SSSR count). The Morgan fingerprint density at radius 2 is 1.44 bits per heavy atom. The average molecular weight is 581 g/mol. The van der Waals surface area contributed by atoms with Crippen molar-refractivity contribution in [2.45, 2.75) is 25.4 Å². The van der Waals surface area contributed by atoms with E-state index >= 15 is 0 Å². The van der Waals surface area contributed by atoms with Crippen LogP contribution in [0.2, 0.25) is 0 Å². The first kappa shape index (κ1) is 31.0. The molecule has 0 bridgehead atoms. The summed E-state index contributed by atoms with van der Waals surface area (Å²) in [4.78, 5) is 39.7. The van der Waals surface area contributed by atoms with Crippen LogP contribution in [0.25, 0.3) is 0 Å². The maximum Gasteiger partial charge on any atom is 0.326 e. The lowest BCUT2D eigenvalue weighted by Crippen LogP contribution is -2.34. The van der Waals surface area contributed by atoms with Gasteiger partial charge < -0.3 is 24.8 Å². The van der Waals surface area contributed by atoms with E-state index in [1.165, 1.54) is 0 Å². The van der Waals surface area contributed by atoms with Gasteiger partial charge in [-0.15, -0.1) is 0 Å². The third-order valence-electron chi connectivity index (χ3n) is 6.92. The molecule has 0 fully saturated rings. The fraction of sp³-hybridized carbons (Fsp3) is 0.229. The zero-order valence-electron chi connectivity index (χ0n) is 24.1. The number of benzene rings is 4. The van der Waals surface area contributed by atoms with Crippen LogP contribution in [0.3, 0.4) is 0 Å². The number of carbonyl (C=O) groups is 3. The fourth-order valence-corrected chi connectivity index (χ4v) is 4.61. The third-order valence-corrected chi connectivity index (χ3v) is 6.92. The van der Waals surface area contributed by atoms with Crippen LogP contribution in [-0.4, -0.2) is 60.6 Å². The maximum absolute atomic E-state index is 13.1. The number of carboxylic acid groups (broad SMARTS) is 1. The van der Waals surface area contributed by atoms with E-state index in [2.05, 4.69) is 5.32 Å². The van der Waals surface area contributed by atoms with Crippen molar-refractivity contribution in [2.24, 2.45) is 0 Å². The molecule has 8 heteroatoms. The molecule has 4 aromatic carbocycles. The van der Waals surface area contributed by atoms with E-state index in [1.54, 1.807) is 72.7 Å².